The molecular formula is C14H12N2. The SMILES string of the molecule is N#Cc1ccc(C2CCC3=C2C=NC3)cc1. The molecule has 3 rings (SSSR count). The first-order valence-corrected chi connectivity index (χ1v) is 5.60. The van der Waals surface area contributed by atoms with Crippen molar-refractivity contribution in [3.05, 3.63) is 46.5 Å². The van der Waals surface area contributed by atoms with E-state index in [0.717, 1.165) is 12.1 Å². The molecule has 0 fully saturated rings. The van der Waals surface area contributed by atoms with Gasteiger partial charge in [-0.1, -0.05) is 12.1 Å². The molecule has 0 radical (unpaired) electrons. The number of nitriles is 1. The van der Waals surface area contributed by atoms with E-state index >= 15 is 0 Å². The smallest absolute Gasteiger partial charge is 0.0991 e. The Labute approximate surface area is 94.9 Å². The highest BCUT2D eigenvalue weighted by Gasteiger charge is 2.27. The van der Waals surface area contributed by atoms with E-state index in [1.165, 1.54) is 29.6 Å². The second-order valence-electron chi connectivity index (χ2n) is 4.35. The van der Waals surface area contributed by atoms with Crippen LogP contribution in [0, 0.1) is 11.3 Å². The normalized spacial score (nSPS) is 22.3. The summed E-state index contributed by atoms with van der Waals surface area (Å²) in [7, 11) is 0. The van der Waals surface area contributed by atoms with Crippen molar-refractivity contribution in [1.29, 1.82) is 5.26 Å². The first kappa shape index (κ1) is 9.35. The summed E-state index contributed by atoms with van der Waals surface area (Å²) in [6.45, 7) is 0.905. The van der Waals surface area contributed by atoms with Crippen LogP contribution in [-0.4, -0.2) is 12.8 Å². The van der Waals surface area contributed by atoms with Gasteiger partial charge in [-0.25, -0.2) is 0 Å². The topological polar surface area (TPSA) is 36.1 Å². The minimum atomic E-state index is 0.508. The molecule has 1 aliphatic heterocycles. The van der Waals surface area contributed by atoms with Gasteiger partial charge in [0.25, 0.3) is 0 Å². The molecule has 1 aromatic rings. The molecule has 0 bridgehead atoms. The summed E-state index contributed by atoms with van der Waals surface area (Å²) >= 11 is 0. The molecule has 78 valence electrons. The molecule has 1 aliphatic carbocycles. The van der Waals surface area contributed by atoms with Crippen LogP contribution in [0.25, 0.3) is 0 Å². The van der Waals surface area contributed by atoms with Gasteiger partial charge in [0.15, 0.2) is 0 Å². The third-order valence-electron chi connectivity index (χ3n) is 3.47. The fourth-order valence-corrected chi connectivity index (χ4v) is 2.61. The van der Waals surface area contributed by atoms with Gasteiger partial charge in [-0.2, -0.15) is 5.26 Å². The van der Waals surface area contributed by atoms with Crippen molar-refractivity contribution in [2.45, 2.75) is 18.8 Å². The number of hydrogen-bond donors (Lipinski definition) is 0. The standard InChI is InChI=1S/C14H12N2/c15-7-10-1-3-11(4-2-10)13-6-5-12-8-16-9-14(12)13/h1-4,9,13H,5-6,8H2. The van der Waals surface area contributed by atoms with Gasteiger partial charge in [0, 0.05) is 12.1 Å². The molecule has 1 unspecified atom stereocenters. The van der Waals surface area contributed by atoms with Crippen LogP contribution in [0.2, 0.25) is 0 Å². The predicted octanol–water partition coefficient (Wildman–Crippen LogP) is 2.82. The van der Waals surface area contributed by atoms with Crippen LogP contribution in [0.1, 0.15) is 29.9 Å². The van der Waals surface area contributed by atoms with Gasteiger partial charge < -0.3 is 0 Å². The Balaban J connectivity index is 1.93. The first-order valence-electron chi connectivity index (χ1n) is 5.60. The Morgan fingerprint density at radius 2 is 2.06 bits per heavy atom. The van der Waals surface area contributed by atoms with E-state index in [1.807, 2.05) is 18.3 Å². The maximum atomic E-state index is 8.76. The van der Waals surface area contributed by atoms with Gasteiger partial charge in [-0.15, -0.1) is 0 Å². The maximum absolute atomic E-state index is 8.76. The van der Waals surface area contributed by atoms with Crippen LogP contribution in [0.3, 0.4) is 0 Å². The van der Waals surface area contributed by atoms with Gasteiger partial charge >= 0.3 is 0 Å². The summed E-state index contributed by atoms with van der Waals surface area (Å²) < 4.78 is 0. The van der Waals surface area contributed by atoms with E-state index in [0.29, 0.717) is 5.92 Å². The molecule has 16 heavy (non-hydrogen) atoms. The average Bonchev–Trinajstić information content (AvgIpc) is 2.91. The third-order valence-corrected chi connectivity index (χ3v) is 3.47. The maximum Gasteiger partial charge on any atom is 0.0991 e. The van der Waals surface area contributed by atoms with E-state index in [1.54, 1.807) is 0 Å². The van der Waals surface area contributed by atoms with Gasteiger partial charge in [-0.05, 0) is 41.7 Å². The van der Waals surface area contributed by atoms with Crippen molar-refractivity contribution < 1.29 is 0 Å². The Bertz CT molecular complexity index is 515. The second-order valence-corrected chi connectivity index (χ2v) is 4.35. The predicted molar refractivity (Wildman–Crippen MR) is 63.5 cm³/mol. The zero-order valence-electron chi connectivity index (χ0n) is 8.98. The number of allylic oxidation sites excluding steroid dienone is 1. The third kappa shape index (κ3) is 1.37. The number of hydrogen-bond acceptors (Lipinski definition) is 2. The largest absolute Gasteiger partial charge is 0.288 e. The lowest BCUT2D eigenvalue weighted by atomic mass is 9.92. The van der Waals surface area contributed by atoms with E-state index < -0.39 is 0 Å². The Kier molecular flexibility index (Phi) is 2.11. The van der Waals surface area contributed by atoms with Crippen LogP contribution in [0.5, 0.6) is 0 Å². The van der Waals surface area contributed by atoms with E-state index in [9.17, 15) is 0 Å². The zero-order valence-corrected chi connectivity index (χ0v) is 8.98. The minimum absolute atomic E-state index is 0.508. The van der Waals surface area contributed by atoms with E-state index in [-0.39, 0.29) is 0 Å². The molecule has 0 N–H and O–H groups in total. The molecular weight excluding hydrogens is 196 g/mol. The van der Waals surface area contributed by atoms with Crippen molar-refractivity contribution in [1.82, 2.24) is 0 Å². The van der Waals surface area contributed by atoms with Crippen LogP contribution >= 0.6 is 0 Å². The summed E-state index contributed by atoms with van der Waals surface area (Å²) in [6.07, 6.45) is 4.41. The molecule has 2 aliphatic rings. The van der Waals surface area contributed by atoms with Gasteiger partial charge in [-0.3, -0.25) is 4.99 Å². The highest BCUT2D eigenvalue weighted by atomic mass is 14.7. The Morgan fingerprint density at radius 1 is 1.25 bits per heavy atom. The summed E-state index contributed by atoms with van der Waals surface area (Å²) in [5, 5.41) is 8.76. The van der Waals surface area contributed by atoms with Crippen molar-refractivity contribution in [2.75, 3.05) is 6.54 Å². The van der Waals surface area contributed by atoms with Gasteiger partial charge in [0.05, 0.1) is 18.2 Å². The Morgan fingerprint density at radius 3 is 2.81 bits per heavy atom. The minimum Gasteiger partial charge on any atom is -0.288 e. The quantitative estimate of drug-likeness (QED) is 0.699. The van der Waals surface area contributed by atoms with Crippen molar-refractivity contribution in [3.8, 4) is 6.07 Å². The molecule has 1 heterocycles. The lowest BCUT2D eigenvalue weighted by Gasteiger charge is -2.11. The first-order chi connectivity index (χ1) is 7.88. The van der Waals surface area contributed by atoms with Crippen LogP contribution in [0.15, 0.2) is 40.4 Å². The summed E-state index contributed by atoms with van der Waals surface area (Å²) in [4.78, 5) is 4.33. The molecule has 0 saturated carbocycles. The van der Waals surface area contributed by atoms with Crippen molar-refractivity contribution in [3.63, 3.8) is 0 Å². The van der Waals surface area contributed by atoms with Crippen molar-refractivity contribution in [2.24, 2.45) is 4.99 Å². The number of nitrogens with zero attached hydrogens (tertiary/aromatic N) is 2. The highest BCUT2D eigenvalue weighted by Crippen LogP contribution is 2.40. The molecule has 0 amide bonds. The van der Waals surface area contributed by atoms with Crippen molar-refractivity contribution >= 4 is 6.21 Å². The van der Waals surface area contributed by atoms with E-state index in [4.69, 9.17) is 5.26 Å². The second kappa shape index (κ2) is 3.61. The van der Waals surface area contributed by atoms with Gasteiger partial charge in [0.2, 0.25) is 0 Å². The van der Waals surface area contributed by atoms with Gasteiger partial charge in [0.1, 0.15) is 0 Å². The van der Waals surface area contributed by atoms with Crippen LogP contribution in [-0.2, 0) is 0 Å². The lowest BCUT2D eigenvalue weighted by molar-refractivity contribution is 0.776. The van der Waals surface area contributed by atoms with Crippen LogP contribution in [0.4, 0.5) is 0 Å². The zero-order chi connectivity index (χ0) is 11.0. The fraction of sp³-hybridized carbons (Fsp3) is 0.286. The fourth-order valence-electron chi connectivity index (χ4n) is 2.61. The molecule has 0 spiro atoms. The molecule has 1 aromatic carbocycles. The highest BCUT2D eigenvalue weighted by molar-refractivity contribution is 5.85. The summed E-state index contributed by atoms with van der Waals surface area (Å²) in [5.41, 5.74) is 4.98. The lowest BCUT2D eigenvalue weighted by Crippen LogP contribution is -1.98. The molecule has 2 heteroatoms. The number of aliphatic imine (C=N–C) groups is 1. The summed E-state index contributed by atoms with van der Waals surface area (Å²) in [6, 6.07) is 10.1. The molecule has 0 aromatic heterocycles. The molecule has 1 atom stereocenters. The number of benzene rings is 1. The monoisotopic (exact) mass is 208 g/mol. The summed E-state index contributed by atoms with van der Waals surface area (Å²) in [5.74, 6) is 0.508. The van der Waals surface area contributed by atoms with E-state index in [2.05, 4.69) is 23.2 Å². The van der Waals surface area contributed by atoms with Crippen LogP contribution < -0.4 is 0 Å². The molecule has 2 nitrogen and oxygen atoms in total. The average molecular weight is 208 g/mol. The molecule has 0 saturated heterocycles. The Hall–Kier alpha value is -1.88. The number of rotatable bonds is 1.